The summed E-state index contributed by atoms with van der Waals surface area (Å²) in [6, 6.07) is 18.0. The monoisotopic (exact) mass is 466 g/mol. The lowest BCUT2D eigenvalue weighted by Crippen LogP contribution is -2.31. The van der Waals surface area contributed by atoms with Crippen LogP contribution in [0, 0.1) is 0 Å². The fraction of sp³-hybridized carbons (Fsp3) is 0.483. The van der Waals surface area contributed by atoms with Gasteiger partial charge in [-0.3, -0.25) is 0 Å². The second-order valence-electron chi connectivity index (χ2n) is 9.06. The second kappa shape index (κ2) is 13.7. The van der Waals surface area contributed by atoms with Gasteiger partial charge in [-0.25, -0.2) is 4.98 Å². The van der Waals surface area contributed by atoms with Crippen molar-refractivity contribution in [1.82, 2.24) is 9.88 Å². The van der Waals surface area contributed by atoms with Crippen molar-refractivity contribution in [1.29, 1.82) is 0 Å². The molecule has 0 amide bonds. The van der Waals surface area contributed by atoms with E-state index in [1.165, 1.54) is 51.4 Å². The fourth-order valence-corrected chi connectivity index (χ4v) is 4.59. The average molecular weight is 467 g/mol. The summed E-state index contributed by atoms with van der Waals surface area (Å²) in [6.45, 7) is 7.21. The van der Waals surface area contributed by atoms with Crippen molar-refractivity contribution in [2.24, 2.45) is 0 Å². The van der Waals surface area contributed by atoms with Gasteiger partial charge in [0.05, 0.1) is 17.3 Å². The van der Waals surface area contributed by atoms with E-state index < -0.39 is 6.10 Å². The lowest BCUT2D eigenvalue weighted by atomic mass is 9.99. The number of hydrogen-bond donors (Lipinski definition) is 1. The summed E-state index contributed by atoms with van der Waals surface area (Å²) in [5.74, 6) is 0. The Morgan fingerprint density at radius 1 is 0.848 bits per heavy atom. The zero-order valence-corrected chi connectivity index (χ0v) is 21.0. The molecule has 2 aromatic carbocycles. The summed E-state index contributed by atoms with van der Waals surface area (Å²) < 4.78 is 0. The van der Waals surface area contributed by atoms with E-state index in [-0.39, 0.29) is 0 Å². The molecule has 3 aromatic rings. The van der Waals surface area contributed by atoms with Crippen LogP contribution < -0.4 is 0 Å². The van der Waals surface area contributed by atoms with E-state index in [1.54, 1.807) is 0 Å². The van der Waals surface area contributed by atoms with Crippen LogP contribution in [-0.4, -0.2) is 34.6 Å². The van der Waals surface area contributed by atoms with Crippen LogP contribution in [0.3, 0.4) is 0 Å². The summed E-state index contributed by atoms with van der Waals surface area (Å²) in [5.41, 5.74) is 3.72. The minimum atomic E-state index is -0.589. The quantitative estimate of drug-likeness (QED) is 0.244. The van der Waals surface area contributed by atoms with Crippen molar-refractivity contribution in [3.63, 3.8) is 0 Å². The van der Waals surface area contributed by atoms with Gasteiger partial charge in [0.1, 0.15) is 0 Å². The maximum absolute atomic E-state index is 11.4. The molecule has 3 rings (SSSR count). The number of hydrogen-bond acceptors (Lipinski definition) is 3. The largest absolute Gasteiger partial charge is 0.387 e. The molecule has 33 heavy (non-hydrogen) atoms. The molecule has 1 unspecified atom stereocenters. The van der Waals surface area contributed by atoms with Gasteiger partial charge in [-0.2, -0.15) is 0 Å². The molecule has 1 atom stereocenters. The van der Waals surface area contributed by atoms with Crippen LogP contribution in [0.15, 0.2) is 54.6 Å². The molecule has 0 radical (unpaired) electrons. The van der Waals surface area contributed by atoms with Crippen molar-refractivity contribution in [3.8, 4) is 11.3 Å². The molecule has 4 heteroatoms. The Balaban J connectivity index is 1.85. The first-order valence-corrected chi connectivity index (χ1v) is 13.1. The Morgan fingerprint density at radius 3 is 2.15 bits per heavy atom. The summed E-state index contributed by atoms with van der Waals surface area (Å²) in [4.78, 5) is 7.32. The minimum absolute atomic E-state index is 0.589. The molecule has 178 valence electrons. The summed E-state index contributed by atoms with van der Waals surface area (Å²) in [6.07, 6.45) is 9.33. The third kappa shape index (κ3) is 7.81. The van der Waals surface area contributed by atoms with Gasteiger partial charge in [0.25, 0.3) is 0 Å². The highest BCUT2D eigenvalue weighted by molar-refractivity contribution is 6.31. The van der Waals surface area contributed by atoms with Gasteiger partial charge in [-0.05, 0) is 55.8 Å². The number of aliphatic hydroxyl groups excluding tert-OH is 1. The van der Waals surface area contributed by atoms with Gasteiger partial charge in [0.2, 0.25) is 0 Å². The molecule has 0 bridgehead atoms. The minimum Gasteiger partial charge on any atom is -0.387 e. The number of halogens is 1. The molecule has 1 aromatic heterocycles. The number of nitrogens with zero attached hydrogens (tertiary/aromatic N) is 2. The van der Waals surface area contributed by atoms with Crippen LogP contribution in [-0.2, 0) is 0 Å². The highest BCUT2D eigenvalue weighted by Crippen LogP contribution is 2.31. The van der Waals surface area contributed by atoms with Gasteiger partial charge in [0.15, 0.2) is 0 Å². The molecule has 0 aliphatic carbocycles. The Hall–Kier alpha value is -1.94. The highest BCUT2D eigenvalue weighted by Gasteiger charge is 2.18. The standard InChI is InChI=1S/C29H39ClN2O/c1-3-5-7-12-18-32(19-13-8-6-4-2)22-29(33)26-21-28(23-14-10-9-11-15-23)31-27-17-16-24(30)20-25(26)27/h9-11,14-17,20-21,29,33H,3-8,12-13,18-19,22H2,1-2H3. The number of benzene rings is 2. The Labute approximate surface area is 204 Å². The number of aliphatic hydroxyl groups is 1. The van der Waals surface area contributed by atoms with E-state index in [9.17, 15) is 5.11 Å². The van der Waals surface area contributed by atoms with Crippen LogP contribution >= 0.6 is 11.6 Å². The third-order valence-electron chi connectivity index (χ3n) is 6.32. The third-order valence-corrected chi connectivity index (χ3v) is 6.55. The molecular weight excluding hydrogens is 428 g/mol. The molecule has 0 saturated heterocycles. The molecule has 1 N–H and O–H groups in total. The molecular formula is C29H39ClN2O. The second-order valence-corrected chi connectivity index (χ2v) is 9.50. The van der Waals surface area contributed by atoms with Crippen LogP contribution in [0.25, 0.3) is 22.2 Å². The lowest BCUT2D eigenvalue weighted by Gasteiger charge is -2.26. The number of rotatable bonds is 14. The number of unbranched alkanes of at least 4 members (excludes halogenated alkanes) is 6. The zero-order chi connectivity index (χ0) is 23.5. The van der Waals surface area contributed by atoms with E-state index in [0.29, 0.717) is 11.6 Å². The molecule has 0 aliphatic heterocycles. The first-order valence-electron chi connectivity index (χ1n) is 12.7. The molecule has 3 nitrogen and oxygen atoms in total. The Bertz CT molecular complexity index is 964. The maximum Gasteiger partial charge on any atom is 0.0924 e. The van der Waals surface area contributed by atoms with Crippen LogP contribution in [0.1, 0.15) is 76.9 Å². The van der Waals surface area contributed by atoms with Crippen LogP contribution in [0.4, 0.5) is 0 Å². The molecule has 0 saturated carbocycles. The van der Waals surface area contributed by atoms with Crippen LogP contribution in [0.5, 0.6) is 0 Å². The highest BCUT2D eigenvalue weighted by atomic mass is 35.5. The van der Waals surface area contributed by atoms with Gasteiger partial charge in [-0.15, -0.1) is 0 Å². The zero-order valence-electron chi connectivity index (χ0n) is 20.3. The Morgan fingerprint density at radius 2 is 1.52 bits per heavy atom. The van der Waals surface area contributed by atoms with E-state index in [2.05, 4.69) is 30.9 Å². The smallest absolute Gasteiger partial charge is 0.0924 e. The van der Waals surface area contributed by atoms with Gasteiger partial charge in [-0.1, -0.05) is 94.3 Å². The SMILES string of the molecule is CCCCCCN(CCCCCC)CC(O)c1cc(-c2ccccc2)nc2ccc(Cl)cc12. The average Bonchev–Trinajstić information content (AvgIpc) is 2.84. The van der Waals surface area contributed by atoms with E-state index in [0.717, 1.165) is 40.8 Å². The molecule has 0 fully saturated rings. The van der Waals surface area contributed by atoms with Crippen LogP contribution in [0.2, 0.25) is 5.02 Å². The van der Waals surface area contributed by atoms with Gasteiger partial charge in [0, 0.05) is 22.5 Å². The lowest BCUT2D eigenvalue weighted by molar-refractivity contribution is 0.111. The van der Waals surface area contributed by atoms with Gasteiger partial charge >= 0.3 is 0 Å². The van der Waals surface area contributed by atoms with Gasteiger partial charge < -0.3 is 10.0 Å². The Kier molecular flexibility index (Phi) is 10.7. The van der Waals surface area contributed by atoms with E-state index in [4.69, 9.17) is 16.6 Å². The van der Waals surface area contributed by atoms with E-state index >= 15 is 0 Å². The summed E-state index contributed by atoms with van der Waals surface area (Å²) in [5, 5.41) is 13.0. The number of fused-ring (bicyclic) bond motifs is 1. The summed E-state index contributed by atoms with van der Waals surface area (Å²) in [7, 11) is 0. The van der Waals surface area contributed by atoms with Crippen molar-refractivity contribution in [2.45, 2.75) is 71.3 Å². The number of aromatic nitrogens is 1. The summed E-state index contributed by atoms with van der Waals surface area (Å²) >= 11 is 6.33. The predicted molar refractivity (Wildman–Crippen MR) is 142 cm³/mol. The first-order chi connectivity index (χ1) is 16.1. The van der Waals surface area contributed by atoms with Crippen molar-refractivity contribution < 1.29 is 5.11 Å². The first kappa shape index (κ1) is 25.7. The topological polar surface area (TPSA) is 36.4 Å². The van der Waals surface area contributed by atoms with E-state index in [1.807, 2.05) is 42.5 Å². The molecule has 1 heterocycles. The van der Waals surface area contributed by atoms with Crippen molar-refractivity contribution in [2.75, 3.05) is 19.6 Å². The number of pyridine rings is 1. The fourth-order valence-electron chi connectivity index (χ4n) is 4.42. The van der Waals surface area contributed by atoms with Crippen molar-refractivity contribution >= 4 is 22.5 Å². The normalized spacial score (nSPS) is 12.5. The molecule has 0 spiro atoms. The predicted octanol–water partition coefficient (Wildman–Crippen LogP) is 8.05. The molecule has 0 aliphatic rings. The van der Waals surface area contributed by atoms with Crippen molar-refractivity contribution in [3.05, 3.63) is 65.2 Å². The maximum atomic E-state index is 11.4.